The van der Waals surface area contributed by atoms with E-state index in [2.05, 4.69) is 16.0 Å². The molecule has 0 aliphatic rings. The molecule has 0 radical (unpaired) electrons. The first-order chi connectivity index (χ1) is 5.40. The quantitative estimate of drug-likeness (QED) is 0.508. The molecule has 52 valence electrons. The number of terminal acetylenes is 1. The number of rotatable bonds is 0. The summed E-state index contributed by atoms with van der Waals surface area (Å²) in [6.07, 6.45) is 8.64. The van der Waals surface area contributed by atoms with Gasteiger partial charge < -0.3 is 0 Å². The van der Waals surface area contributed by atoms with Crippen molar-refractivity contribution in [2.45, 2.75) is 0 Å². The highest BCUT2D eigenvalue weighted by Crippen LogP contribution is 1.98. The van der Waals surface area contributed by atoms with Gasteiger partial charge in [-0.25, -0.2) is 9.50 Å². The molecule has 0 unspecified atom stereocenters. The molecular formula is C8H5N3. The summed E-state index contributed by atoms with van der Waals surface area (Å²) in [6.45, 7) is 0. The van der Waals surface area contributed by atoms with Crippen molar-refractivity contribution in [1.82, 2.24) is 14.6 Å². The van der Waals surface area contributed by atoms with E-state index in [9.17, 15) is 0 Å². The molecular weight excluding hydrogens is 138 g/mol. The van der Waals surface area contributed by atoms with Crippen molar-refractivity contribution in [3.63, 3.8) is 0 Å². The normalized spacial score (nSPS) is 9.73. The van der Waals surface area contributed by atoms with Crippen LogP contribution in [0.2, 0.25) is 0 Å². The van der Waals surface area contributed by atoms with Gasteiger partial charge >= 0.3 is 0 Å². The first kappa shape index (κ1) is 5.93. The molecule has 0 N–H and O–H groups in total. The van der Waals surface area contributed by atoms with Crippen LogP contribution >= 0.6 is 0 Å². The fourth-order valence-corrected chi connectivity index (χ4v) is 0.893. The number of fused-ring (bicyclic) bond motifs is 1. The van der Waals surface area contributed by atoms with Crippen molar-refractivity contribution < 1.29 is 0 Å². The molecule has 3 nitrogen and oxygen atoms in total. The molecule has 2 aromatic rings. The Bertz CT molecular complexity index is 422. The van der Waals surface area contributed by atoms with Crippen LogP contribution in [0.3, 0.4) is 0 Å². The van der Waals surface area contributed by atoms with Crippen LogP contribution in [0, 0.1) is 12.3 Å². The van der Waals surface area contributed by atoms with Gasteiger partial charge in [-0.15, -0.1) is 6.42 Å². The smallest absolute Gasteiger partial charge is 0.156 e. The van der Waals surface area contributed by atoms with E-state index in [1.54, 1.807) is 29.0 Å². The molecule has 0 aliphatic heterocycles. The van der Waals surface area contributed by atoms with Gasteiger partial charge in [-0.05, 0) is 6.07 Å². The molecule has 0 aromatic carbocycles. The highest BCUT2D eigenvalue weighted by atomic mass is 15.2. The predicted molar refractivity (Wildman–Crippen MR) is 40.9 cm³/mol. The lowest BCUT2D eigenvalue weighted by Gasteiger charge is -1.91. The third-order valence-electron chi connectivity index (χ3n) is 1.41. The molecule has 0 fully saturated rings. The fourth-order valence-electron chi connectivity index (χ4n) is 0.893. The minimum absolute atomic E-state index is 0.637. The molecule has 2 rings (SSSR count). The molecule has 0 saturated heterocycles. The van der Waals surface area contributed by atoms with Crippen molar-refractivity contribution in [3.8, 4) is 12.3 Å². The Hall–Kier alpha value is -1.82. The van der Waals surface area contributed by atoms with Crippen molar-refractivity contribution >= 4 is 5.65 Å². The van der Waals surface area contributed by atoms with E-state index in [-0.39, 0.29) is 0 Å². The summed E-state index contributed by atoms with van der Waals surface area (Å²) in [5.74, 6) is 2.46. The standard InChI is InChI=1S/C8H5N3/c1-2-7-4-6-11-8(10-7)3-5-9-11/h1,3-6H. The maximum absolute atomic E-state index is 5.17. The lowest BCUT2D eigenvalue weighted by atomic mass is 10.4. The Labute approximate surface area is 63.7 Å². The molecule has 0 spiro atoms. The van der Waals surface area contributed by atoms with Crippen LogP contribution in [0.4, 0.5) is 0 Å². The number of hydrogen-bond donors (Lipinski definition) is 0. The summed E-state index contributed by atoms with van der Waals surface area (Å²) < 4.78 is 1.67. The lowest BCUT2D eigenvalue weighted by molar-refractivity contribution is 0.936. The van der Waals surface area contributed by atoms with E-state index in [0.29, 0.717) is 5.69 Å². The summed E-state index contributed by atoms with van der Waals surface area (Å²) in [7, 11) is 0. The van der Waals surface area contributed by atoms with Gasteiger partial charge in [0.1, 0.15) is 5.69 Å². The Morgan fingerprint density at radius 2 is 2.36 bits per heavy atom. The average molecular weight is 143 g/mol. The maximum Gasteiger partial charge on any atom is 0.156 e. The highest BCUT2D eigenvalue weighted by Gasteiger charge is 1.93. The summed E-state index contributed by atoms with van der Waals surface area (Å²) in [5.41, 5.74) is 1.42. The summed E-state index contributed by atoms with van der Waals surface area (Å²) in [6, 6.07) is 3.56. The molecule has 3 heteroatoms. The monoisotopic (exact) mass is 143 g/mol. The molecule has 0 atom stereocenters. The van der Waals surface area contributed by atoms with E-state index >= 15 is 0 Å². The second kappa shape index (κ2) is 2.10. The van der Waals surface area contributed by atoms with Crippen LogP contribution < -0.4 is 0 Å². The topological polar surface area (TPSA) is 30.2 Å². The first-order valence-electron chi connectivity index (χ1n) is 3.17. The lowest BCUT2D eigenvalue weighted by Crippen LogP contribution is -1.90. The Morgan fingerprint density at radius 1 is 1.45 bits per heavy atom. The summed E-state index contributed by atoms with van der Waals surface area (Å²) in [4.78, 5) is 4.12. The largest absolute Gasteiger partial charge is 0.223 e. The van der Waals surface area contributed by atoms with Gasteiger partial charge in [0.25, 0.3) is 0 Å². The Balaban J connectivity index is 2.79. The van der Waals surface area contributed by atoms with Gasteiger partial charge in [0.05, 0.1) is 6.20 Å². The van der Waals surface area contributed by atoms with Gasteiger partial charge in [-0.3, -0.25) is 0 Å². The average Bonchev–Trinajstić information content (AvgIpc) is 2.50. The van der Waals surface area contributed by atoms with Gasteiger partial charge in [-0.2, -0.15) is 5.10 Å². The molecule has 2 heterocycles. The van der Waals surface area contributed by atoms with Crippen molar-refractivity contribution in [3.05, 3.63) is 30.2 Å². The molecule has 0 amide bonds. The van der Waals surface area contributed by atoms with E-state index in [1.807, 2.05) is 0 Å². The number of nitrogens with zero attached hydrogens (tertiary/aromatic N) is 3. The minimum Gasteiger partial charge on any atom is -0.223 e. The van der Waals surface area contributed by atoms with Crippen molar-refractivity contribution in [2.75, 3.05) is 0 Å². The fraction of sp³-hybridized carbons (Fsp3) is 0. The second-order valence-corrected chi connectivity index (χ2v) is 2.09. The predicted octanol–water partition coefficient (Wildman–Crippen LogP) is 0.711. The van der Waals surface area contributed by atoms with E-state index in [4.69, 9.17) is 6.42 Å². The number of aromatic nitrogens is 3. The molecule has 0 saturated carbocycles. The Kier molecular flexibility index (Phi) is 1.13. The second-order valence-electron chi connectivity index (χ2n) is 2.09. The van der Waals surface area contributed by atoms with Crippen molar-refractivity contribution in [1.29, 1.82) is 0 Å². The van der Waals surface area contributed by atoms with E-state index in [1.165, 1.54) is 0 Å². The summed E-state index contributed by atoms with van der Waals surface area (Å²) in [5, 5.41) is 3.98. The number of hydrogen-bond acceptors (Lipinski definition) is 2. The minimum atomic E-state index is 0.637. The van der Waals surface area contributed by atoms with Crippen LogP contribution in [-0.2, 0) is 0 Å². The molecule has 0 bridgehead atoms. The molecule has 2 aromatic heterocycles. The van der Waals surface area contributed by atoms with Crippen LogP contribution in [-0.4, -0.2) is 14.6 Å². The van der Waals surface area contributed by atoms with Crippen LogP contribution in [0.25, 0.3) is 5.65 Å². The van der Waals surface area contributed by atoms with Crippen LogP contribution in [0.15, 0.2) is 24.5 Å². The van der Waals surface area contributed by atoms with E-state index in [0.717, 1.165) is 5.65 Å². The van der Waals surface area contributed by atoms with E-state index < -0.39 is 0 Å². The van der Waals surface area contributed by atoms with Crippen LogP contribution in [0.1, 0.15) is 5.69 Å². The van der Waals surface area contributed by atoms with Gasteiger partial charge in [0.2, 0.25) is 0 Å². The zero-order valence-corrected chi connectivity index (χ0v) is 5.73. The van der Waals surface area contributed by atoms with Gasteiger partial charge in [0, 0.05) is 12.3 Å². The van der Waals surface area contributed by atoms with Gasteiger partial charge in [0.15, 0.2) is 5.65 Å². The molecule has 0 aliphatic carbocycles. The third-order valence-corrected chi connectivity index (χ3v) is 1.41. The first-order valence-corrected chi connectivity index (χ1v) is 3.17. The zero-order valence-electron chi connectivity index (χ0n) is 5.73. The molecule has 11 heavy (non-hydrogen) atoms. The zero-order chi connectivity index (χ0) is 7.68. The van der Waals surface area contributed by atoms with Crippen molar-refractivity contribution in [2.24, 2.45) is 0 Å². The summed E-state index contributed by atoms with van der Waals surface area (Å²) >= 11 is 0. The van der Waals surface area contributed by atoms with Gasteiger partial charge in [-0.1, -0.05) is 5.92 Å². The Morgan fingerprint density at radius 3 is 3.18 bits per heavy atom. The van der Waals surface area contributed by atoms with Crippen LogP contribution in [0.5, 0.6) is 0 Å². The third kappa shape index (κ3) is 0.849. The highest BCUT2D eigenvalue weighted by molar-refractivity contribution is 5.39. The maximum atomic E-state index is 5.17. The SMILES string of the molecule is C#Cc1ccn2nccc2n1.